The molecule has 2 heterocycles. The van der Waals surface area contributed by atoms with Crippen LogP contribution in [0.5, 0.6) is 0 Å². The minimum atomic E-state index is 0.877. The molecule has 0 radical (unpaired) electrons. The summed E-state index contributed by atoms with van der Waals surface area (Å²) < 4.78 is 13.0. The summed E-state index contributed by atoms with van der Waals surface area (Å²) in [6, 6.07) is 55.1. The van der Waals surface area contributed by atoms with Gasteiger partial charge in [0.25, 0.3) is 0 Å². The average molecular weight is 765 g/mol. The first-order chi connectivity index (χ1) is 29.8. The van der Waals surface area contributed by atoms with Crippen LogP contribution in [-0.4, -0.2) is 0 Å². The Kier molecular flexibility index (Phi) is 7.19. The van der Waals surface area contributed by atoms with Crippen molar-refractivity contribution in [3.05, 3.63) is 198 Å². The number of rotatable bonds is 4. The van der Waals surface area contributed by atoms with Gasteiger partial charge in [-0.3, -0.25) is 0 Å². The van der Waals surface area contributed by atoms with Gasteiger partial charge < -0.3 is 8.83 Å². The van der Waals surface area contributed by atoms with Gasteiger partial charge in [0.15, 0.2) is 0 Å². The lowest BCUT2D eigenvalue weighted by molar-refractivity contribution is 0.668. The second-order valence-corrected chi connectivity index (χ2v) is 16.2. The van der Waals surface area contributed by atoms with Crippen molar-refractivity contribution < 1.29 is 8.83 Å². The first-order valence-corrected chi connectivity index (χ1v) is 21.0. The molecular formula is C58H36O2. The molecule has 0 fully saturated rings. The zero-order valence-corrected chi connectivity index (χ0v) is 32.8. The second-order valence-electron chi connectivity index (χ2n) is 16.2. The molecule has 2 aliphatic carbocycles. The number of furan rings is 2. The molecule has 0 N–H and O–H groups in total. The van der Waals surface area contributed by atoms with Crippen molar-refractivity contribution in [1.82, 2.24) is 0 Å². The quantitative estimate of drug-likeness (QED) is 0.132. The predicted molar refractivity (Wildman–Crippen MR) is 252 cm³/mol. The molecule has 280 valence electrons. The summed E-state index contributed by atoms with van der Waals surface area (Å²) in [7, 11) is 0. The Bertz CT molecular complexity index is 3610. The monoisotopic (exact) mass is 764 g/mol. The molecule has 0 saturated carbocycles. The lowest BCUT2D eigenvalue weighted by Crippen LogP contribution is -2.05. The van der Waals surface area contributed by atoms with Crippen molar-refractivity contribution in [1.29, 1.82) is 0 Å². The van der Waals surface area contributed by atoms with Crippen LogP contribution in [0, 0.1) is 0 Å². The molecule has 2 heteroatoms. The summed E-state index contributed by atoms with van der Waals surface area (Å²) in [6.07, 6.45) is 14.1. The fraction of sp³-hybridized carbons (Fsp3) is 0.0517. The second kappa shape index (κ2) is 12.9. The number of para-hydroxylation sites is 2. The Morgan fingerprint density at radius 2 is 0.917 bits per heavy atom. The lowest BCUT2D eigenvalue weighted by Gasteiger charge is -2.26. The molecule has 11 aromatic rings. The maximum atomic E-state index is 6.48. The highest BCUT2D eigenvalue weighted by Gasteiger charge is 2.26. The van der Waals surface area contributed by atoms with Crippen LogP contribution in [0.2, 0.25) is 0 Å². The van der Waals surface area contributed by atoms with Crippen LogP contribution in [0.3, 0.4) is 0 Å². The van der Waals surface area contributed by atoms with Gasteiger partial charge in [0, 0.05) is 27.1 Å². The zero-order valence-electron chi connectivity index (χ0n) is 32.8. The molecule has 60 heavy (non-hydrogen) atoms. The van der Waals surface area contributed by atoms with E-state index in [1.54, 1.807) is 0 Å². The summed E-state index contributed by atoms with van der Waals surface area (Å²) in [6.45, 7) is 0. The molecule has 13 rings (SSSR count). The first kappa shape index (κ1) is 33.3. The number of fused-ring (bicyclic) bond motifs is 10. The van der Waals surface area contributed by atoms with Gasteiger partial charge in [-0.05, 0) is 138 Å². The smallest absolute Gasteiger partial charge is 0.136 e. The third-order valence-corrected chi connectivity index (χ3v) is 13.0. The molecule has 2 aromatic heterocycles. The van der Waals surface area contributed by atoms with Gasteiger partial charge in [-0.25, -0.2) is 0 Å². The molecule has 0 amide bonds. The van der Waals surface area contributed by atoms with Crippen LogP contribution in [-0.2, 0) is 6.42 Å². The van der Waals surface area contributed by atoms with Crippen molar-refractivity contribution in [3.63, 3.8) is 0 Å². The molecule has 9 aromatic carbocycles. The molecule has 0 bridgehead atoms. The van der Waals surface area contributed by atoms with Gasteiger partial charge >= 0.3 is 0 Å². The van der Waals surface area contributed by atoms with Gasteiger partial charge in [0.2, 0.25) is 0 Å². The Morgan fingerprint density at radius 3 is 1.52 bits per heavy atom. The van der Waals surface area contributed by atoms with E-state index in [-0.39, 0.29) is 0 Å². The molecule has 0 spiro atoms. The SMILES string of the molecule is C1=CC=CCC=1c1c2c(c(-c3c4cccc(-c5cccc6oc7ccccc7c56)c4cc4c(-c5cccc6oc7ccccc7c56)cccc34)c3ccccc13)C=CCC2. The van der Waals surface area contributed by atoms with E-state index in [0.717, 1.165) is 63.1 Å². The molecular weight excluding hydrogens is 729 g/mol. The standard InChI is InChI=1S/C58H36O2/c1-2-16-35(17-3-1)54-40-18-4-6-20-42(40)57(43-21-7-5-19-41(43)54)58-44-26-12-24-36(38-28-14-32-52-55(38)46-22-8-10-30-50(46)59-52)48(44)34-49-37(25-13-27-45(49)58)39-29-15-33-53-56(39)47-23-9-11-31-51(47)60-53/h1-4,6-15,18,20-34H,5,16,19H2. The van der Waals surface area contributed by atoms with Crippen LogP contribution in [0.1, 0.15) is 29.5 Å². The average Bonchev–Trinajstić information content (AvgIpc) is 3.89. The number of allylic oxidation sites excluding steroid dienone is 4. The highest BCUT2D eigenvalue weighted by Crippen LogP contribution is 2.51. The van der Waals surface area contributed by atoms with E-state index in [0.29, 0.717) is 0 Å². The molecule has 2 aliphatic rings. The van der Waals surface area contributed by atoms with E-state index in [9.17, 15) is 0 Å². The molecule has 0 atom stereocenters. The summed E-state index contributed by atoms with van der Waals surface area (Å²) in [5, 5.41) is 12.0. The Balaban J connectivity index is 1.22. The highest BCUT2D eigenvalue weighted by molar-refractivity contribution is 6.26. The van der Waals surface area contributed by atoms with Crippen LogP contribution < -0.4 is 0 Å². The summed E-state index contributed by atoms with van der Waals surface area (Å²) in [5.74, 6) is 0. The van der Waals surface area contributed by atoms with Crippen LogP contribution >= 0.6 is 0 Å². The fourth-order valence-corrected chi connectivity index (χ4v) is 10.5. The Labute approximate surface area is 346 Å². The van der Waals surface area contributed by atoms with Crippen LogP contribution in [0.15, 0.2) is 191 Å². The Hall–Kier alpha value is -7.64. The van der Waals surface area contributed by atoms with E-state index in [1.165, 1.54) is 88.0 Å². The summed E-state index contributed by atoms with van der Waals surface area (Å²) in [5.41, 5.74) is 19.9. The summed E-state index contributed by atoms with van der Waals surface area (Å²) in [4.78, 5) is 0. The van der Waals surface area contributed by atoms with Gasteiger partial charge in [0.1, 0.15) is 22.3 Å². The van der Waals surface area contributed by atoms with E-state index >= 15 is 0 Å². The molecule has 0 unspecified atom stereocenters. The van der Waals surface area contributed by atoms with Gasteiger partial charge in [0.05, 0.1) is 0 Å². The van der Waals surface area contributed by atoms with Crippen LogP contribution in [0.25, 0.3) is 121 Å². The minimum absolute atomic E-state index is 0.877. The normalized spacial score (nSPS) is 13.8. The largest absolute Gasteiger partial charge is 0.456 e. The van der Waals surface area contributed by atoms with E-state index in [1.807, 2.05) is 0 Å². The number of hydrogen-bond acceptors (Lipinski definition) is 2. The first-order valence-electron chi connectivity index (χ1n) is 21.0. The van der Waals surface area contributed by atoms with Crippen molar-refractivity contribution in [3.8, 4) is 33.4 Å². The van der Waals surface area contributed by atoms with E-state index < -0.39 is 0 Å². The van der Waals surface area contributed by atoms with E-state index in [2.05, 4.69) is 188 Å². The maximum Gasteiger partial charge on any atom is 0.136 e. The topological polar surface area (TPSA) is 26.3 Å². The molecule has 0 saturated heterocycles. The predicted octanol–water partition coefficient (Wildman–Crippen LogP) is 16.4. The van der Waals surface area contributed by atoms with Crippen molar-refractivity contribution in [2.45, 2.75) is 19.3 Å². The molecule has 0 aliphatic heterocycles. The highest BCUT2D eigenvalue weighted by atomic mass is 16.3. The maximum absolute atomic E-state index is 6.48. The zero-order chi connectivity index (χ0) is 39.3. The van der Waals surface area contributed by atoms with Gasteiger partial charge in [-0.15, -0.1) is 5.73 Å². The van der Waals surface area contributed by atoms with Gasteiger partial charge in [-0.1, -0.05) is 146 Å². The fourth-order valence-electron chi connectivity index (χ4n) is 10.5. The third kappa shape index (κ3) is 4.77. The third-order valence-electron chi connectivity index (χ3n) is 13.0. The lowest BCUT2D eigenvalue weighted by atomic mass is 9.77. The van der Waals surface area contributed by atoms with Crippen molar-refractivity contribution in [2.75, 3.05) is 0 Å². The number of benzene rings is 9. The van der Waals surface area contributed by atoms with E-state index in [4.69, 9.17) is 8.83 Å². The molecule has 2 nitrogen and oxygen atoms in total. The van der Waals surface area contributed by atoms with Crippen molar-refractivity contribution >= 4 is 87.8 Å². The number of hydrogen-bond donors (Lipinski definition) is 0. The van der Waals surface area contributed by atoms with Gasteiger partial charge in [-0.2, -0.15) is 0 Å². The Morgan fingerprint density at radius 1 is 0.417 bits per heavy atom. The van der Waals surface area contributed by atoms with Crippen molar-refractivity contribution in [2.24, 2.45) is 0 Å². The van der Waals surface area contributed by atoms with Crippen LogP contribution in [0.4, 0.5) is 0 Å². The summed E-state index contributed by atoms with van der Waals surface area (Å²) >= 11 is 0. The minimum Gasteiger partial charge on any atom is -0.456 e.